The van der Waals surface area contributed by atoms with Gasteiger partial charge in [0.05, 0.1) is 0 Å². The van der Waals surface area contributed by atoms with Crippen molar-refractivity contribution >= 4 is 0 Å². The highest BCUT2D eigenvalue weighted by Gasteiger charge is 2.09. The molecule has 0 aliphatic rings. The van der Waals surface area contributed by atoms with Crippen molar-refractivity contribution in [1.29, 1.82) is 0 Å². The van der Waals surface area contributed by atoms with Crippen molar-refractivity contribution in [2.75, 3.05) is 6.54 Å². The molecule has 21 heavy (non-hydrogen) atoms. The molecule has 2 heteroatoms. The molecule has 1 aromatic carbocycles. The van der Waals surface area contributed by atoms with E-state index in [1.807, 2.05) is 19.1 Å². The molecule has 0 amide bonds. The summed E-state index contributed by atoms with van der Waals surface area (Å²) in [6.07, 6.45) is 10.8. The van der Waals surface area contributed by atoms with Gasteiger partial charge in [-0.2, -0.15) is 0 Å². The lowest BCUT2D eigenvalue weighted by Gasteiger charge is -2.16. The van der Waals surface area contributed by atoms with Crippen LogP contribution >= 0.6 is 0 Å². The van der Waals surface area contributed by atoms with Crippen LogP contribution in [0.1, 0.15) is 82.4 Å². The molecular weight excluding hydrogens is 258 g/mol. The lowest BCUT2D eigenvalue weighted by atomic mass is 10.0. The van der Waals surface area contributed by atoms with Crippen molar-refractivity contribution < 1.29 is 5.11 Å². The average molecular weight is 291 g/mol. The number of phenols is 1. The largest absolute Gasteiger partial charge is 0.508 e. The van der Waals surface area contributed by atoms with Gasteiger partial charge in [0.1, 0.15) is 5.75 Å². The van der Waals surface area contributed by atoms with Crippen LogP contribution in [0, 0.1) is 6.92 Å². The second-order valence-corrected chi connectivity index (χ2v) is 6.21. The van der Waals surface area contributed by atoms with Crippen molar-refractivity contribution in [2.24, 2.45) is 0 Å². The number of unbranched alkanes of at least 4 members (excludes halogenated alkanes) is 7. The monoisotopic (exact) mass is 291 g/mol. The van der Waals surface area contributed by atoms with Gasteiger partial charge in [0.15, 0.2) is 0 Å². The van der Waals surface area contributed by atoms with Crippen molar-refractivity contribution in [3.8, 4) is 5.75 Å². The van der Waals surface area contributed by atoms with E-state index >= 15 is 0 Å². The fourth-order valence-electron chi connectivity index (χ4n) is 2.71. The van der Waals surface area contributed by atoms with Crippen LogP contribution in [0.5, 0.6) is 5.75 Å². The third-order valence-corrected chi connectivity index (χ3v) is 4.13. The number of hydrogen-bond donors (Lipinski definition) is 2. The molecule has 0 heterocycles. The first-order chi connectivity index (χ1) is 10.1. The molecule has 1 unspecified atom stereocenters. The molecule has 0 bridgehead atoms. The Hall–Kier alpha value is -1.02. The Morgan fingerprint density at radius 3 is 2.24 bits per heavy atom. The highest BCUT2D eigenvalue weighted by Crippen LogP contribution is 2.24. The maximum absolute atomic E-state index is 9.97. The molecule has 0 aliphatic carbocycles. The van der Waals surface area contributed by atoms with Crippen LogP contribution in [0.2, 0.25) is 0 Å². The van der Waals surface area contributed by atoms with Gasteiger partial charge >= 0.3 is 0 Å². The molecule has 1 atom stereocenters. The van der Waals surface area contributed by atoms with Crippen LogP contribution in [0.15, 0.2) is 18.2 Å². The zero-order valence-electron chi connectivity index (χ0n) is 14.1. The summed E-state index contributed by atoms with van der Waals surface area (Å²) in [5.41, 5.74) is 2.10. The minimum atomic E-state index is 0.218. The first-order valence-corrected chi connectivity index (χ1v) is 8.68. The standard InChI is InChI=1S/C19H33NO/c1-4-5-6-7-8-9-10-11-14-20-17(3)18-13-12-16(2)15-19(18)21/h12-13,15,17,20-21H,4-11,14H2,1-3H3. The second-order valence-electron chi connectivity index (χ2n) is 6.21. The summed E-state index contributed by atoms with van der Waals surface area (Å²) in [7, 11) is 0. The molecule has 0 spiro atoms. The van der Waals surface area contributed by atoms with Gasteiger partial charge in [-0.25, -0.2) is 0 Å². The molecule has 1 aromatic rings. The normalized spacial score (nSPS) is 12.5. The minimum absolute atomic E-state index is 0.218. The van der Waals surface area contributed by atoms with Crippen LogP contribution in [0.3, 0.4) is 0 Å². The number of hydrogen-bond acceptors (Lipinski definition) is 2. The summed E-state index contributed by atoms with van der Waals surface area (Å²) < 4.78 is 0. The van der Waals surface area contributed by atoms with Crippen molar-refractivity contribution in [2.45, 2.75) is 78.2 Å². The molecule has 0 saturated heterocycles. The molecule has 120 valence electrons. The summed E-state index contributed by atoms with van der Waals surface area (Å²) in [6.45, 7) is 7.42. The van der Waals surface area contributed by atoms with Gasteiger partial charge in [-0.15, -0.1) is 0 Å². The van der Waals surface area contributed by atoms with E-state index < -0.39 is 0 Å². The number of aromatic hydroxyl groups is 1. The van der Waals surface area contributed by atoms with E-state index in [0.717, 1.165) is 17.7 Å². The highest BCUT2D eigenvalue weighted by molar-refractivity contribution is 5.37. The van der Waals surface area contributed by atoms with E-state index in [1.165, 1.54) is 51.4 Å². The highest BCUT2D eigenvalue weighted by atomic mass is 16.3. The van der Waals surface area contributed by atoms with Gasteiger partial charge in [-0.05, 0) is 38.4 Å². The van der Waals surface area contributed by atoms with Crippen LogP contribution in [-0.2, 0) is 0 Å². The van der Waals surface area contributed by atoms with Crippen LogP contribution < -0.4 is 5.32 Å². The quantitative estimate of drug-likeness (QED) is 0.528. The first-order valence-electron chi connectivity index (χ1n) is 8.68. The van der Waals surface area contributed by atoms with Gasteiger partial charge in [0, 0.05) is 11.6 Å². The van der Waals surface area contributed by atoms with Gasteiger partial charge in [-0.3, -0.25) is 0 Å². The fourth-order valence-corrected chi connectivity index (χ4v) is 2.71. The maximum atomic E-state index is 9.97. The molecule has 0 aromatic heterocycles. The molecule has 1 rings (SSSR count). The Morgan fingerprint density at radius 1 is 1.00 bits per heavy atom. The molecule has 0 radical (unpaired) electrons. The maximum Gasteiger partial charge on any atom is 0.120 e. The minimum Gasteiger partial charge on any atom is -0.508 e. The molecule has 2 nitrogen and oxygen atoms in total. The average Bonchev–Trinajstić information content (AvgIpc) is 2.45. The molecule has 0 saturated carbocycles. The second kappa shape index (κ2) is 10.7. The van der Waals surface area contributed by atoms with E-state index in [1.54, 1.807) is 0 Å². The molecule has 0 aliphatic heterocycles. The van der Waals surface area contributed by atoms with Gasteiger partial charge in [0.25, 0.3) is 0 Å². The lowest BCUT2D eigenvalue weighted by Crippen LogP contribution is -2.19. The summed E-state index contributed by atoms with van der Waals surface area (Å²) in [5, 5.41) is 13.5. The smallest absolute Gasteiger partial charge is 0.120 e. The summed E-state index contributed by atoms with van der Waals surface area (Å²) in [5.74, 6) is 0.408. The van der Waals surface area contributed by atoms with Crippen molar-refractivity contribution in [3.05, 3.63) is 29.3 Å². The van der Waals surface area contributed by atoms with E-state index in [2.05, 4.69) is 25.2 Å². The zero-order chi connectivity index (χ0) is 15.5. The van der Waals surface area contributed by atoms with E-state index in [4.69, 9.17) is 0 Å². The van der Waals surface area contributed by atoms with Gasteiger partial charge in [0.2, 0.25) is 0 Å². The zero-order valence-corrected chi connectivity index (χ0v) is 14.1. The Kier molecular flexibility index (Phi) is 9.16. The molecule has 0 fully saturated rings. The third kappa shape index (κ3) is 7.52. The van der Waals surface area contributed by atoms with Crippen LogP contribution in [0.25, 0.3) is 0 Å². The third-order valence-electron chi connectivity index (χ3n) is 4.13. The summed E-state index contributed by atoms with van der Waals surface area (Å²) in [4.78, 5) is 0. The fraction of sp³-hybridized carbons (Fsp3) is 0.684. The van der Waals surface area contributed by atoms with Crippen LogP contribution in [0.4, 0.5) is 0 Å². The molecule has 2 N–H and O–H groups in total. The van der Waals surface area contributed by atoms with Crippen molar-refractivity contribution in [3.63, 3.8) is 0 Å². The number of nitrogens with one attached hydrogen (secondary N) is 1. The number of benzene rings is 1. The van der Waals surface area contributed by atoms with Crippen LogP contribution in [-0.4, -0.2) is 11.7 Å². The first kappa shape index (κ1) is 18.0. The summed E-state index contributed by atoms with van der Waals surface area (Å²) in [6, 6.07) is 6.14. The van der Waals surface area contributed by atoms with E-state index in [0.29, 0.717) is 5.75 Å². The SMILES string of the molecule is CCCCCCCCCCNC(C)c1ccc(C)cc1O. The predicted molar refractivity (Wildman–Crippen MR) is 91.9 cm³/mol. The van der Waals surface area contributed by atoms with Gasteiger partial charge in [-0.1, -0.05) is 64.0 Å². The number of phenolic OH excluding ortho intramolecular Hbond substituents is 1. The van der Waals surface area contributed by atoms with E-state index in [-0.39, 0.29) is 6.04 Å². The Morgan fingerprint density at radius 2 is 1.62 bits per heavy atom. The van der Waals surface area contributed by atoms with Crippen molar-refractivity contribution in [1.82, 2.24) is 5.32 Å². The van der Waals surface area contributed by atoms with Gasteiger partial charge < -0.3 is 10.4 Å². The topological polar surface area (TPSA) is 32.3 Å². The Balaban J connectivity index is 2.09. The van der Waals surface area contributed by atoms with E-state index in [9.17, 15) is 5.11 Å². The number of aryl methyl sites for hydroxylation is 1. The Labute approximate surface area is 131 Å². The summed E-state index contributed by atoms with van der Waals surface area (Å²) >= 11 is 0. The predicted octanol–water partition coefficient (Wildman–Crippen LogP) is 5.49. The molecular formula is C19H33NO. The Bertz CT molecular complexity index is 389. The number of rotatable bonds is 11. The lowest BCUT2D eigenvalue weighted by molar-refractivity contribution is 0.449.